The van der Waals surface area contributed by atoms with Gasteiger partial charge in [-0.25, -0.2) is 5.43 Å². The zero-order valence-electron chi connectivity index (χ0n) is 15.9. The second kappa shape index (κ2) is 8.51. The monoisotopic (exact) mass is 396 g/mol. The third-order valence-electron chi connectivity index (χ3n) is 4.82. The molecule has 0 aromatic heterocycles. The van der Waals surface area contributed by atoms with Crippen LogP contribution >= 0.6 is 0 Å². The Kier molecular flexibility index (Phi) is 5.87. The lowest BCUT2D eigenvalue weighted by Crippen LogP contribution is -2.35. The number of nitro benzene ring substituents is 1. The van der Waals surface area contributed by atoms with Crippen molar-refractivity contribution in [2.75, 3.05) is 13.7 Å². The Labute approximate surface area is 166 Å². The van der Waals surface area contributed by atoms with Gasteiger partial charge in [0.15, 0.2) is 5.75 Å². The molecule has 9 nitrogen and oxygen atoms in total. The fourth-order valence-corrected chi connectivity index (χ4v) is 3.26. The van der Waals surface area contributed by atoms with Crippen LogP contribution in [-0.2, 0) is 9.59 Å². The van der Waals surface area contributed by atoms with Crippen LogP contribution in [0.5, 0.6) is 5.75 Å². The molecule has 150 valence electrons. The van der Waals surface area contributed by atoms with E-state index in [-0.39, 0.29) is 23.3 Å². The van der Waals surface area contributed by atoms with E-state index in [4.69, 9.17) is 4.74 Å². The molecule has 1 aliphatic rings. The summed E-state index contributed by atoms with van der Waals surface area (Å²) in [6, 6.07) is 13.7. The predicted octanol–water partition coefficient (Wildman–Crippen LogP) is 1.97. The second-order valence-electron chi connectivity index (χ2n) is 6.56. The topological polar surface area (TPSA) is 123 Å². The van der Waals surface area contributed by atoms with E-state index < -0.39 is 16.7 Å². The minimum absolute atomic E-state index is 0.129. The molecule has 0 unspecified atom stereocenters. The molecule has 9 heteroatoms. The first-order chi connectivity index (χ1) is 13.9. The van der Waals surface area contributed by atoms with Crippen molar-refractivity contribution in [1.82, 2.24) is 10.7 Å². The molecule has 0 aliphatic carbocycles. The smallest absolute Gasteiger partial charge is 0.311 e. The summed E-state index contributed by atoms with van der Waals surface area (Å²) in [6.07, 6.45) is 0. The highest BCUT2D eigenvalue weighted by molar-refractivity contribution is 6.04. The Balaban J connectivity index is 1.78. The van der Waals surface area contributed by atoms with E-state index in [0.29, 0.717) is 17.8 Å². The number of methoxy groups -OCH3 is 1. The van der Waals surface area contributed by atoms with Crippen molar-refractivity contribution in [2.45, 2.75) is 12.8 Å². The molecule has 2 atom stereocenters. The van der Waals surface area contributed by atoms with Gasteiger partial charge in [0.2, 0.25) is 5.91 Å². The van der Waals surface area contributed by atoms with Crippen molar-refractivity contribution in [1.29, 1.82) is 0 Å². The summed E-state index contributed by atoms with van der Waals surface area (Å²) in [5, 5.41) is 17.9. The standard InChI is InChI=1S/C20H20N4O5/c1-12(14-8-9-17(29-2)16(10-14)24(27)28)22-23-20(26)18-15(11-21-19(18)25)13-6-4-3-5-7-13/h3-10,15,18H,11H2,1-2H3,(H,21,25)(H,23,26)/b22-12-/t15-,18-/m0/s1. The molecule has 0 spiro atoms. The summed E-state index contributed by atoms with van der Waals surface area (Å²) in [5.74, 6) is -1.95. The van der Waals surface area contributed by atoms with Gasteiger partial charge in [0.1, 0.15) is 5.92 Å². The van der Waals surface area contributed by atoms with Gasteiger partial charge in [0, 0.05) is 24.1 Å². The maximum Gasteiger partial charge on any atom is 0.311 e. The van der Waals surface area contributed by atoms with Gasteiger partial charge in [-0.1, -0.05) is 30.3 Å². The van der Waals surface area contributed by atoms with Gasteiger partial charge in [0.25, 0.3) is 5.91 Å². The van der Waals surface area contributed by atoms with Crippen LogP contribution in [0.2, 0.25) is 0 Å². The number of amides is 2. The number of nitrogens with one attached hydrogen (secondary N) is 2. The number of rotatable bonds is 6. The lowest BCUT2D eigenvalue weighted by molar-refractivity contribution is -0.385. The highest BCUT2D eigenvalue weighted by Gasteiger charge is 2.41. The predicted molar refractivity (Wildman–Crippen MR) is 106 cm³/mol. The number of nitrogens with zero attached hydrogens (tertiary/aromatic N) is 2. The van der Waals surface area contributed by atoms with Crippen LogP contribution < -0.4 is 15.5 Å². The van der Waals surface area contributed by atoms with Crippen molar-refractivity contribution in [3.63, 3.8) is 0 Å². The highest BCUT2D eigenvalue weighted by atomic mass is 16.6. The van der Waals surface area contributed by atoms with Crippen LogP contribution in [0.25, 0.3) is 0 Å². The van der Waals surface area contributed by atoms with Crippen LogP contribution in [0.15, 0.2) is 53.6 Å². The van der Waals surface area contributed by atoms with E-state index in [1.807, 2.05) is 30.3 Å². The van der Waals surface area contributed by atoms with Gasteiger partial charge in [0.05, 0.1) is 17.7 Å². The first-order valence-corrected chi connectivity index (χ1v) is 8.92. The van der Waals surface area contributed by atoms with Crippen LogP contribution in [0.1, 0.15) is 24.0 Å². The first kappa shape index (κ1) is 20.0. The van der Waals surface area contributed by atoms with E-state index in [9.17, 15) is 19.7 Å². The van der Waals surface area contributed by atoms with Crippen LogP contribution in [0.3, 0.4) is 0 Å². The molecular formula is C20H20N4O5. The number of carbonyl (C=O) groups excluding carboxylic acids is 2. The lowest BCUT2D eigenvalue weighted by Gasteiger charge is -2.15. The van der Waals surface area contributed by atoms with Crippen molar-refractivity contribution in [3.05, 3.63) is 69.8 Å². The minimum atomic E-state index is -0.904. The third kappa shape index (κ3) is 4.23. The lowest BCUT2D eigenvalue weighted by atomic mass is 9.88. The SMILES string of the molecule is COc1ccc(/C(C)=N\NC(=O)[C@@H]2C(=O)NC[C@H]2c2ccccc2)cc1[N+](=O)[O-]. The number of carbonyl (C=O) groups is 2. The van der Waals surface area contributed by atoms with E-state index in [2.05, 4.69) is 15.8 Å². The Morgan fingerprint density at radius 1 is 1.28 bits per heavy atom. The molecule has 2 N–H and O–H groups in total. The molecule has 1 saturated heterocycles. The minimum Gasteiger partial charge on any atom is -0.490 e. The summed E-state index contributed by atoms with van der Waals surface area (Å²) in [7, 11) is 1.35. The molecule has 29 heavy (non-hydrogen) atoms. The molecule has 1 fully saturated rings. The summed E-state index contributed by atoms with van der Waals surface area (Å²) < 4.78 is 4.98. The van der Waals surface area contributed by atoms with Crippen molar-refractivity contribution in [3.8, 4) is 5.75 Å². The fourth-order valence-electron chi connectivity index (χ4n) is 3.26. The molecule has 3 rings (SSSR count). The van der Waals surface area contributed by atoms with Gasteiger partial charge in [-0.2, -0.15) is 5.10 Å². The zero-order valence-corrected chi connectivity index (χ0v) is 15.9. The number of hydrogen-bond donors (Lipinski definition) is 2. The number of nitro groups is 1. The molecule has 2 aromatic carbocycles. The maximum atomic E-state index is 12.6. The van der Waals surface area contributed by atoms with Gasteiger partial charge in [-0.3, -0.25) is 19.7 Å². The fraction of sp³-hybridized carbons (Fsp3) is 0.250. The molecule has 0 radical (unpaired) electrons. The number of hydrazone groups is 1. The van der Waals surface area contributed by atoms with Gasteiger partial charge in [-0.15, -0.1) is 0 Å². The van der Waals surface area contributed by atoms with Crippen molar-refractivity contribution in [2.24, 2.45) is 11.0 Å². The Morgan fingerprint density at radius 2 is 2.00 bits per heavy atom. The second-order valence-corrected chi connectivity index (χ2v) is 6.56. The third-order valence-corrected chi connectivity index (χ3v) is 4.82. The van der Waals surface area contributed by atoms with E-state index >= 15 is 0 Å². The highest BCUT2D eigenvalue weighted by Crippen LogP contribution is 2.29. The molecule has 1 heterocycles. The number of benzene rings is 2. The summed E-state index contributed by atoms with van der Waals surface area (Å²) in [5.41, 5.74) is 3.91. The molecule has 0 bridgehead atoms. The van der Waals surface area contributed by atoms with Crippen LogP contribution in [0.4, 0.5) is 5.69 Å². The number of ether oxygens (including phenoxy) is 1. The van der Waals surface area contributed by atoms with Crippen LogP contribution in [-0.4, -0.2) is 36.1 Å². The van der Waals surface area contributed by atoms with Crippen molar-refractivity contribution >= 4 is 23.2 Å². The zero-order chi connectivity index (χ0) is 21.0. The molecule has 1 aliphatic heterocycles. The van der Waals surface area contributed by atoms with Gasteiger partial charge in [-0.05, 0) is 24.6 Å². The summed E-state index contributed by atoms with van der Waals surface area (Å²) in [6.45, 7) is 1.98. The average Bonchev–Trinajstić information content (AvgIpc) is 3.13. The average molecular weight is 396 g/mol. The molecular weight excluding hydrogens is 376 g/mol. The Bertz CT molecular complexity index is 974. The van der Waals surface area contributed by atoms with E-state index in [0.717, 1.165) is 5.56 Å². The van der Waals surface area contributed by atoms with Gasteiger partial charge >= 0.3 is 5.69 Å². The first-order valence-electron chi connectivity index (χ1n) is 8.92. The largest absolute Gasteiger partial charge is 0.490 e. The number of hydrogen-bond acceptors (Lipinski definition) is 6. The van der Waals surface area contributed by atoms with E-state index in [1.54, 1.807) is 13.0 Å². The van der Waals surface area contributed by atoms with E-state index in [1.165, 1.54) is 19.2 Å². The Hall–Kier alpha value is -3.75. The molecule has 2 aromatic rings. The molecule has 2 amide bonds. The van der Waals surface area contributed by atoms with Crippen LogP contribution in [0, 0.1) is 16.0 Å². The normalized spacial score (nSPS) is 18.8. The van der Waals surface area contributed by atoms with Crippen molar-refractivity contribution < 1.29 is 19.2 Å². The van der Waals surface area contributed by atoms with Gasteiger partial charge < -0.3 is 10.1 Å². The molecule has 0 saturated carbocycles. The quantitative estimate of drug-likeness (QED) is 0.334. The summed E-state index contributed by atoms with van der Waals surface area (Å²) in [4.78, 5) is 35.5. The summed E-state index contributed by atoms with van der Waals surface area (Å²) >= 11 is 0. The maximum absolute atomic E-state index is 12.6. The Morgan fingerprint density at radius 3 is 2.66 bits per heavy atom.